The summed E-state index contributed by atoms with van der Waals surface area (Å²) in [5, 5.41) is 3.12. The van der Waals surface area contributed by atoms with E-state index in [-0.39, 0.29) is 5.56 Å². The summed E-state index contributed by atoms with van der Waals surface area (Å²) in [6.07, 6.45) is 1.61. The summed E-state index contributed by atoms with van der Waals surface area (Å²) in [6, 6.07) is 0. The van der Waals surface area contributed by atoms with Gasteiger partial charge in [0.2, 0.25) is 0 Å². The number of hydrogen-bond acceptors (Lipinski definition) is 4. The number of nitrogens with zero attached hydrogens (tertiary/aromatic N) is 3. The van der Waals surface area contributed by atoms with Crippen molar-refractivity contribution in [2.75, 3.05) is 0 Å². The lowest BCUT2D eigenvalue weighted by molar-refractivity contribution is 0.680. The smallest absolute Gasteiger partial charge is 0.267 e. The molecule has 4 nitrogen and oxygen atoms in total. The standard InChI is InChI=1S/C12H14IN3OS/c1-7(2)11-15-9(6-18-11)5-16-8(3)14-4-10(13)12(16)17/h4,6-7H,5H2,1-3H3. The van der Waals surface area contributed by atoms with Crippen LogP contribution in [0.2, 0.25) is 0 Å². The van der Waals surface area contributed by atoms with Gasteiger partial charge in [0.1, 0.15) is 5.82 Å². The van der Waals surface area contributed by atoms with Crippen LogP contribution in [0.5, 0.6) is 0 Å². The predicted octanol–water partition coefficient (Wildman–Crippen LogP) is 2.78. The van der Waals surface area contributed by atoms with Gasteiger partial charge in [0.15, 0.2) is 0 Å². The first-order valence-corrected chi connectivity index (χ1v) is 7.61. The Morgan fingerprint density at radius 2 is 2.22 bits per heavy atom. The van der Waals surface area contributed by atoms with Gasteiger partial charge in [-0.3, -0.25) is 9.36 Å². The van der Waals surface area contributed by atoms with E-state index in [0.29, 0.717) is 16.0 Å². The zero-order valence-corrected chi connectivity index (χ0v) is 13.4. The van der Waals surface area contributed by atoms with Gasteiger partial charge >= 0.3 is 0 Å². The van der Waals surface area contributed by atoms with Gasteiger partial charge in [-0.05, 0) is 29.5 Å². The van der Waals surface area contributed by atoms with Gasteiger partial charge in [-0.2, -0.15) is 0 Å². The van der Waals surface area contributed by atoms with Gasteiger partial charge in [-0.1, -0.05) is 13.8 Å². The van der Waals surface area contributed by atoms with Crippen molar-refractivity contribution in [2.45, 2.75) is 33.2 Å². The first-order valence-electron chi connectivity index (χ1n) is 5.65. The lowest BCUT2D eigenvalue weighted by Gasteiger charge is -2.07. The number of aromatic nitrogens is 3. The van der Waals surface area contributed by atoms with Gasteiger partial charge in [0.05, 0.1) is 20.8 Å². The number of rotatable bonds is 3. The number of halogens is 1. The second-order valence-electron chi connectivity index (χ2n) is 4.38. The average Bonchev–Trinajstić information content (AvgIpc) is 2.78. The first kappa shape index (κ1) is 13.7. The SMILES string of the molecule is Cc1ncc(I)c(=O)n1Cc1csc(C(C)C)n1. The van der Waals surface area contributed by atoms with E-state index in [0.717, 1.165) is 16.5 Å². The zero-order chi connectivity index (χ0) is 13.3. The van der Waals surface area contributed by atoms with Crippen molar-refractivity contribution in [2.24, 2.45) is 0 Å². The van der Waals surface area contributed by atoms with Gasteiger partial charge in [-0.15, -0.1) is 11.3 Å². The largest absolute Gasteiger partial charge is 0.290 e. The lowest BCUT2D eigenvalue weighted by atomic mass is 10.2. The van der Waals surface area contributed by atoms with E-state index in [1.165, 1.54) is 0 Å². The Bertz CT molecular complexity index is 618. The molecule has 0 atom stereocenters. The quantitative estimate of drug-likeness (QED) is 0.776. The van der Waals surface area contributed by atoms with Crippen molar-refractivity contribution < 1.29 is 0 Å². The third-order valence-electron chi connectivity index (χ3n) is 2.59. The van der Waals surface area contributed by atoms with Crippen molar-refractivity contribution in [3.63, 3.8) is 0 Å². The molecule has 6 heteroatoms. The molecule has 0 aliphatic heterocycles. The third kappa shape index (κ3) is 2.80. The summed E-state index contributed by atoms with van der Waals surface area (Å²) in [5.41, 5.74) is 0.930. The highest BCUT2D eigenvalue weighted by Gasteiger charge is 2.10. The molecule has 0 saturated carbocycles. The van der Waals surface area contributed by atoms with Crippen molar-refractivity contribution in [1.29, 1.82) is 0 Å². The molecular formula is C12H14IN3OS. The molecule has 18 heavy (non-hydrogen) atoms. The van der Waals surface area contributed by atoms with Gasteiger partial charge in [0.25, 0.3) is 5.56 Å². The monoisotopic (exact) mass is 375 g/mol. The molecule has 0 bridgehead atoms. The van der Waals surface area contributed by atoms with E-state index in [1.807, 2.05) is 34.9 Å². The zero-order valence-electron chi connectivity index (χ0n) is 10.5. The summed E-state index contributed by atoms with van der Waals surface area (Å²) in [7, 11) is 0. The molecule has 0 aliphatic carbocycles. The highest BCUT2D eigenvalue weighted by atomic mass is 127. The molecule has 0 amide bonds. The van der Waals surface area contributed by atoms with Crippen molar-refractivity contribution in [3.05, 3.63) is 42.0 Å². The molecule has 96 valence electrons. The van der Waals surface area contributed by atoms with E-state index in [1.54, 1.807) is 22.1 Å². The molecule has 0 fully saturated rings. The van der Waals surface area contributed by atoms with Gasteiger partial charge < -0.3 is 0 Å². The number of aryl methyl sites for hydroxylation is 1. The second kappa shape index (κ2) is 5.48. The molecule has 2 heterocycles. The Labute approximate surface area is 123 Å². The summed E-state index contributed by atoms with van der Waals surface area (Å²) in [4.78, 5) is 20.8. The summed E-state index contributed by atoms with van der Waals surface area (Å²) in [5.74, 6) is 1.15. The summed E-state index contributed by atoms with van der Waals surface area (Å²) < 4.78 is 2.30. The van der Waals surface area contributed by atoms with E-state index in [2.05, 4.69) is 23.8 Å². The fourth-order valence-corrected chi connectivity index (χ4v) is 2.82. The number of hydrogen-bond donors (Lipinski definition) is 0. The van der Waals surface area contributed by atoms with Crippen LogP contribution in [-0.2, 0) is 6.54 Å². The van der Waals surface area contributed by atoms with Gasteiger partial charge in [0, 0.05) is 17.5 Å². The molecule has 0 unspecified atom stereocenters. The molecule has 0 spiro atoms. The highest BCUT2D eigenvalue weighted by Crippen LogP contribution is 2.19. The van der Waals surface area contributed by atoms with Crippen LogP contribution in [0.15, 0.2) is 16.4 Å². The fraction of sp³-hybridized carbons (Fsp3) is 0.417. The Balaban J connectivity index is 2.34. The number of thiazole rings is 1. The molecule has 0 saturated heterocycles. The van der Waals surface area contributed by atoms with Crippen LogP contribution >= 0.6 is 33.9 Å². The Hall–Kier alpha value is -0.760. The fourth-order valence-electron chi connectivity index (χ4n) is 1.56. The van der Waals surface area contributed by atoms with E-state index >= 15 is 0 Å². The minimum absolute atomic E-state index is 0.00203. The minimum Gasteiger partial charge on any atom is -0.290 e. The summed E-state index contributed by atoms with van der Waals surface area (Å²) in [6.45, 7) is 6.57. The van der Waals surface area contributed by atoms with Crippen LogP contribution in [-0.4, -0.2) is 14.5 Å². The molecule has 0 N–H and O–H groups in total. The van der Waals surface area contributed by atoms with E-state index in [9.17, 15) is 4.79 Å². The maximum absolute atomic E-state index is 12.0. The second-order valence-corrected chi connectivity index (χ2v) is 6.43. The molecular weight excluding hydrogens is 361 g/mol. The van der Waals surface area contributed by atoms with Crippen LogP contribution in [0.1, 0.15) is 36.3 Å². The van der Waals surface area contributed by atoms with Crippen LogP contribution in [0.4, 0.5) is 0 Å². The molecule has 0 aromatic carbocycles. The maximum atomic E-state index is 12.0. The predicted molar refractivity (Wildman–Crippen MR) is 81.3 cm³/mol. The highest BCUT2D eigenvalue weighted by molar-refractivity contribution is 14.1. The van der Waals surface area contributed by atoms with E-state index < -0.39 is 0 Å². The maximum Gasteiger partial charge on any atom is 0.267 e. The molecule has 0 radical (unpaired) electrons. The first-order chi connectivity index (χ1) is 8.49. The third-order valence-corrected chi connectivity index (χ3v) is 4.52. The van der Waals surface area contributed by atoms with Gasteiger partial charge in [-0.25, -0.2) is 9.97 Å². The molecule has 2 aromatic rings. The van der Waals surface area contributed by atoms with Crippen LogP contribution in [0, 0.1) is 10.5 Å². The van der Waals surface area contributed by atoms with Crippen LogP contribution < -0.4 is 5.56 Å². The van der Waals surface area contributed by atoms with E-state index in [4.69, 9.17) is 0 Å². The van der Waals surface area contributed by atoms with Crippen molar-refractivity contribution in [1.82, 2.24) is 14.5 Å². The van der Waals surface area contributed by atoms with Crippen LogP contribution in [0.3, 0.4) is 0 Å². The Kier molecular flexibility index (Phi) is 4.16. The van der Waals surface area contributed by atoms with Crippen molar-refractivity contribution in [3.8, 4) is 0 Å². The Morgan fingerprint density at radius 3 is 2.83 bits per heavy atom. The summed E-state index contributed by atoms with van der Waals surface area (Å²) >= 11 is 3.66. The molecule has 0 aliphatic rings. The normalized spacial score (nSPS) is 11.2. The lowest BCUT2D eigenvalue weighted by Crippen LogP contribution is -2.26. The topological polar surface area (TPSA) is 47.8 Å². The molecule has 2 aromatic heterocycles. The average molecular weight is 375 g/mol. The van der Waals surface area contributed by atoms with Crippen molar-refractivity contribution >= 4 is 33.9 Å². The molecule has 2 rings (SSSR count). The van der Waals surface area contributed by atoms with Crippen LogP contribution in [0.25, 0.3) is 0 Å². The minimum atomic E-state index is 0.00203. The Morgan fingerprint density at radius 1 is 1.50 bits per heavy atom.